The van der Waals surface area contributed by atoms with Crippen LogP contribution in [0.2, 0.25) is 0 Å². The predicted molar refractivity (Wildman–Crippen MR) is 187 cm³/mol. The highest BCUT2D eigenvalue weighted by Gasteiger charge is 2.31. The van der Waals surface area contributed by atoms with E-state index in [2.05, 4.69) is 56.2 Å². The minimum absolute atomic E-state index is 0.232. The summed E-state index contributed by atoms with van der Waals surface area (Å²) in [4.78, 5) is 31.8. The van der Waals surface area contributed by atoms with Crippen LogP contribution in [0.25, 0.3) is 6.08 Å². The van der Waals surface area contributed by atoms with Gasteiger partial charge >= 0.3 is 5.97 Å². The molecule has 0 spiro atoms. The fourth-order valence-electron chi connectivity index (χ4n) is 4.77. The van der Waals surface area contributed by atoms with E-state index in [4.69, 9.17) is 24.2 Å². The molecule has 0 N–H and O–H groups in total. The van der Waals surface area contributed by atoms with Crippen molar-refractivity contribution < 1.29 is 23.7 Å². The average Bonchev–Trinajstić information content (AvgIpc) is 3.35. The lowest BCUT2D eigenvalue weighted by molar-refractivity contribution is -0.136. The van der Waals surface area contributed by atoms with E-state index in [1.165, 1.54) is 29.2 Å². The van der Waals surface area contributed by atoms with Crippen molar-refractivity contribution in [1.29, 1.82) is 5.26 Å². The number of rotatable bonds is 10. The summed E-state index contributed by atoms with van der Waals surface area (Å²) in [5.41, 5.74) is 2.98. The Morgan fingerprint density at radius 1 is 1.02 bits per heavy atom. The molecule has 0 saturated carbocycles. The Morgan fingerprint density at radius 2 is 1.71 bits per heavy atom. The highest BCUT2D eigenvalue weighted by Crippen LogP contribution is 2.35. The number of aromatic nitrogens is 1. The van der Waals surface area contributed by atoms with Gasteiger partial charge in [0, 0.05) is 6.20 Å². The highest BCUT2D eigenvalue weighted by atomic mass is 127. The minimum atomic E-state index is -0.774. The van der Waals surface area contributed by atoms with Crippen LogP contribution in [0.3, 0.4) is 0 Å². The van der Waals surface area contributed by atoms with Crippen molar-refractivity contribution in [2.75, 3.05) is 20.3 Å². The Morgan fingerprint density at radius 3 is 2.36 bits per heavy atom. The molecule has 0 saturated heterocycles. The van der Waals surface area contributed by atoms with Crippen molar-refractivity contribution in [2.45, 2.75) is 26.5 Å². The number of fused-ring (bicyclic) bond motifs is 1. The summed E-state index contributed by atoms with van der Waals surface area (Å²) in [6, 6.07) is 17.9. The number of carbonyl (C=O) groups excluding carboxylic acids is 1. The molecular weight excluding hydrogens is 820 g/mol. The number of ether oxygens (including phenoxy) is 4. The van der Waals surface area contributed by atoms with Crippen LogP contribution in [0.5, 0.6) is 17.2 Å². The first-order valence-electron chi connectivity index (χ1n) is 13.9. The number of benzene rings is 3. The van der Waals surface area contributed by atoms with E-state index in [1.54, 1.807) is 24.3 Å². The van der Waals surface area contributed by atoms with Gasteiger partial charge in [0.15, 0.2) is 16.3 Å². The van der Waals surface area contributed by atoms with E-state index in [0.29, 0.717) is 51.8 Å². The number of thiazole rings is 1. The molecule has 1 aliphatic rings. The van der Waals surface area contributed by atoms with Gasteiger partial charge in [0.25, 0.3) is 5.56 Å². The van der Waals surface area contributed by atoms with E-state index in [0.717, 1.165) is 24.0 Å². The third-order valence-electron chi connectivity index (χ3n) is 6.79. The van der Waals surface area contributed by atoms with Crippen LogP contribution in [0.1, 0.15) is 42.1 Å². The molecule has 2 heterocycles. The van der Waals surface area contributed by atoms with Gasteiger partial charge in [0.2, 0.25) is 0 Å². The Balaban J connectivity index is 1.52. The third-order valence-corrected chi connectivity index (χ3v) is 9.39. The average molecular weight is 847 g/mol. The van der Waals surface area contributed by atoms with Crippen LogP contribution in [0.4, 0.5) is 0 Å². The zero-order valence-electron chi connectivity index (χ0n) is 24.5. The van der Waals surface area contributed by atoms with Crippen LogP contribution in [0, 0.1) is 18.5 Å². The number of nitriles is 1. The first kappa shape index (κ1) is 32.7. The molecule has 230 valence electrons. The van der Waals surface area contributed by atoms with Crippen LogP contribution < -0.4 is 29.1 Å². The Hall–Kier alpha value is -3.68. The molecule has 1 aliphatic heterocycles. The van der Waals surface area contributed by atoms with Crippen molar-refractivity contribution >= 4 is 68.6 Å². The first-order chi connectivity index (χ1) is 21.8. The fourth-order valence-corrected chi connectivity index (χ4v) is 7.87. The molecule has 1 aromatic heterocycles. The lowest BCUT2D eigenvalue weighted by Gasteiger charge is -2.23. The van der Waals surface area contributed by atoms with Crippen LogP contribution in [-0.4, -0.2) is 30.9 Å². The minimum Gasteiger partial charge on any atom is -0.490 e. The summed E-state index contributed by atoms with van der Waals surface area (Å²) in [5, 5.41) is 9.03. The number of nitrogens with zero attached hydrogens (tertiary/aromatic N) is 3. The van der Waals surface area contributed by atoms with E-state index >= 15 is 0 Å². The largest absolute Gasteiger partial charge is 0.490 e. The van der Waals surface area contributed by atoms with E-state index in [-0.39, 0.29) is 11.1 Å². The molecule has 5 rings (SSSR count). The second kappa shape index (κ2) is 14.6. The summed E-state index contributed by atoms with van der Waals surface area (Å²) in [7, 11) is 1.30. The predicted octanol–water partition coefficient (Wildman–Crippen LogP) is 5.48. The molecule has 1 atom stereocenters. The molecule has 45 heavy (non-hydrogen) atoms. The number of hydrogen-bond donors (Lipinski definition) is 0. The van der Waals surface area contributed by atoms with E-state index < -0.39 is 12.0 Å². The van der Waals surface area contributed by atoms with Crippen molar-refractivity contribution in [1.82, 2.24) is 4.57 Å². The van der Waals surface area contributed by atoms with Crippen LogP contribution >= 0.6 is 56.5 Å². The van der Waals surface area contributed by atoms with E-state index in [1.807, 2.05) is 50.3 Å². The zero-order valence-corrected chi connectivity index (χ0v) is 29.6. The van der Waals surface area contributed by atoms with Gasteiger partial charge < -0.3 is 18.9 Å². The summed E-state index contributed by atoms with van der Waals surface area (Å²) < 4.78 is 26.5. The Bertz CT molecular complexity index is 1990. The van der Waals surface area contributed by atoms with Gasteiger partial charge in [-0.15, -0.1) is 0 Å². The Labute approximate surface area is 290 Å². The summed E-state index contributed by atoms with van der Waals surface area (Å²) >= 11 is 5.69. The summed E-state index contributed by atoms with van der Waals surface area (Å²) in [5.74, 6) is 1.26. The van der Waals surface area contributed by atoms with Crippen molar-refractivity contribution in [2.24, 2.45) is 4.99 Å². The van der Waals surface area contributed by atoms with E-state index in [9.17, 15) is 9.59 Å². The Kier molecular flexibility index (Phi) is 10.6. The smallest absolute Gasteiger partial charge is 0.337 e. The molecule has 0 amide bonds. The fraction of sp³-hybridized carbons (Fsp3) is 0.212. The van der Waals surface area contributed by atoms with Gasteiger partial charge in [-0.05, 0) is 118 Å². The molecular formula is C33H27I2N3O6S. The second-order valence-corrected chi connectivity index (χ2v) is 13.0. The molecule has 9 nitrogen and oxygen atoms in total. The van der Waals surface area contributed by atoms with Crippen LogP contribution in [0.15, 0.2) is 76.2 Å². The monoisotopic (exact) mass is 847 g/mol. The normalized spacial score (nSPS) is 14.1. The molecule has 3 aromatic carbocycles. The van der Waals surface area contributed by atoms with Crippen molar-refractivity contribution in [3.63, 3.8) is 0 Å². The second-order valence-electron chi connectivity index (χ2n) is 9.66. The standard InChI is InChI=1S/C33H27I2N3O6S/c1-4-42-26-11-10-22(15-27(26)43-5-2)29-23(32(40)41-3)17-37-33-38(29)31(39)28(45-33)14-21-12-24(34)30(25(35)13-21)44-18-20-8-6-19(16-36)7-9-20/h6-15,17,29H,4-5,18H2,1-3H3/b28-14+/t29-/m1/s1. The van der Waals surface area contributed by atoms with Crippen molar-refractivity contribution in [3.8, 4) is 23.3 Å². The quantitative estimate of drug-likeness (QED) is 0.154. The molecule has 0 aliphatic carbocycles. The van der Waals surface area contributed by atoms with Gasteiger partial charge in [-0.25, -0.2) is 9.79 Å². The maximum atomic E-state index is 14.0. The number of carbonyl (C=O) groups is 1. The zero-order chi connectivity index (χ0) is 32.1. The SMILES string of the molecule is CCOc1ccc([C@@H]2C(C(=O)OC)=CN=c3s/c(=C/c4cc(I)c(OCc5ccc(C#N)cc5)c(I)c4)c(=O)n32)cc1OCC. The molecule has 0 bridgehead atoms. The van der Waals surface area contributed by atoms with Gasteiger partial charge in [0.1, 0.15) is 12.4 Å². The number of methoxy groups -OCH3 is 1. The maximum Gasteiger partial charge on any atom is 0.337 e. The summed E-state index contributed by atoms with van der Waals surface area (Å²) in [6.45, 7) is 5.00. The first-order valence-corrected chi connectivity index (χ1v) is 16.8. The molecule has 12 heteroatoms. The number of halogens is 2. The summed E-state index contributed by atoms with van der Waals surface area (Å²) in [6.07, 6.45) is 3.29. The lowest BCUT2D eigenvalue weighted by Crippen LogP contribution is -2.39. The number of hydrogen-bond acceptors (Lipinski definition) is 9. The highest BCUT2D eigenvalue weighted by molar-refractivity contribution is 14.1. The van der Waals surface area contributed by atoms with Gasteiger partial charge in [-0.3, -0.25) is 9.36 Å². The molecule has 0 unspecified atom stereocenters. The molecule has 4 aromatic rings. The topological polar surface area (TPSA) is 112 Å². The maximum absolute atomic E-state index is 14.0. The molecule has 0 radical (unpaired) electrons. The number of esters is 1. The van der Waals surface area contributed by atoms with Gasteiger partial charge in [-0.1, -0.05) is 29.5 Å². The van der Waals surface area contributed by atoms with Crippen molar-refractivity contribution in [3.05, 3.63) is 115 Å². The molecule has 0 fully saturated rings. The van der Waals surface area contributed by atoms with Crippen LogP contribution in [-0.2, 0) is 16.1 Å². The lowest BCUT2D eigenvalue weighted by atomic mass is 9.97. The van der Waals surface area contributed by atoms with Gasteiger partial charge in [-0.2, -0.15) is 5.26 Å². The van der Waals surface area contributed by atoms with Gasteiger partial charge in [0.05, 0.1) is 55.2 Å². The third kappa shape index (κ3) is 7.10.